The lowest BCUT2D eigenvalue weighted by Gasteiger charge is -2.11. The molecule has 2 atom stereocenters. The van der Waals surface area contributed by atoms with Gasteiger partial charge >= 0.3 is 4.83 Å². The Hall–Kier alpha value is -0.140. The fourth-order valence-electron chi connectivity index (χ4n) is 0.911. The van der Waals surface area contributed by atoms with Crippen LogP contribution in [0.15, 0.2) is 0 Å². The molecule has 0 fully saturated rings. The van der Waals surface area contributed by atoms with Crippen LogP contribution in [0.5, 0.6) is 0 Å². The Morgan fingerprint density at radius 3 is 2.46 bits per heavy atom. The van der Waals surface area contributed by atoms with Crippen molar-refractivity contribution in [1.82, 2.24) is 0 Å². The van der Waals surface area contributed by atoms with Gasteiger partial charge in [0.1, 0.15) is 6.10 Å². The summed E-state index contributed by atoms with van der Waals surface area (Å²) in [5.74, 6) is 3.70. The smallest absolute Gasteiger partial charge is 0.363 e. The van der Waals surface area contributed by atoms with Crippen molar-refractivity contribution in [2.45, 2.75) is 37.6 Å². The van der Waals surface area contributed by atoms with Crippen LogP contribution in [-0.2, 0) is 0 Å². The maximum Gasteiger partial charge on any atom is 0.363 e. The average molecular weight is 255 g/mol. The molecule has 0 saturated carbocycles. The molecule has 1 nitrogen and oxygen atoms in total. The lowest BCUT2D eigenvalue weighted by molar-refractivity contribution is 0.159. The molecule has 0 heterocycles. The van der Waals surface area contributed by atoms with E-state index in [0.29, 0.717) is 0 Å². The number of aliphatic hydroxyl groups excluding tert-OH is 1. The third-order valence-corrected chi connectivity index (χ3v) is 1.84. The summed E-state index contributed by atoms with van der Waals surface area (Å²) in [5.41, 5.74) is 0. The minimum atomic E-state index is -3.19. The molecule has 2 unspecified atom stereocenters. The molecule has 0 aliphatic carbocycles. The maximum atomic E-state index is 12.2. The van der Waals surface area contributed by atoms with Crippen LogP contribution in [0.1, 0.15) is 26.7 Å². The van der Waals surface area contributed by atoms with Crippen LogP contribution < -0.4 is 0 Å². The molecule has 0 aromatic heterocycles. The highest BCUT2D eigenvalue weighted by Gasteiger charge is 2.20. The second-order valence-electron chi connectivity index (χ2n) is 2.98. The molecule has 0 aromatic carbocycles. The van der Waals surface area contributed by atoms with Crippen molar-refractivity contribution in [1.29, 1.82) is 0 Å². The molecule has 0 rings (SSSR count). The average Bonchev–Trinajstić information content (AvgIpc) is 1.99. The molecule has 4 heteroatoms. The monoisotopic (exact) mass is 254 g/mol. The predicted octanol–water partition coefficient (Wildman–Crippen LogP) is 2.77. The van der Waals surface area contributed by atoms with Crippen LogP contribution in [0, 0.1) is 17.8 Å². The van der Waals surface area contributed by atoms with E-state index in [1.807, 2.05) is 6.92 Å². The van der Waals surface area contributed by atoms with Crippen molar-refractivity contribution in [3.05, 3.63) is 0 Å². The van der Waals surface area contributed by atoms with Gasteiger partial charge in [0, 0.05) is 15.9 Å². The van der Waals surface area contributed by atoms with Gasteiger partial charge in [-0.25, -0.2) is 0 Å². The summed E-state index contributed by atoms with van der Waals surface area (Å²) < 4.78 is 24.3. The summed E-state index contributed by atoms with van der Waals surface area (Å²) in [6.45, 7) is 3.75. The summed E-state index contributed by atoms with van der Waals surface area (Å²) in [7, 11) is 0. The Balaban J connectivity index is 4.10. The second kappa shape index (κ2) is 5.56. The zero-order valence-corrected chi connectivity index (χ0v) is 9.24. The quantitative estimate of drug-likeness (QED) is 0.607. The van der Waals surface area contributed by atoms with Gasteiger partial charge in [-0.05, 0) is 18.3 Å². The minimum absolute atomic E-state index is 0.0626. The minimum Gasteiger partial charge on any atom is -0.380 e. The first-order chi connectivity index (χ1) is 5.87. The SMILES string of the molecule is CCCC(C)C(O)C#CC(F)(F)Br. The normalized spacial score (nSPS) is 15.8. The lowest BCUT2D eigenvalue weighted by atomic mass is 10.00. The first kappa shape index (κ1) is 12.9. The van der Waals surface area contributed by atoms with Crippen molar-refractivity contribution in [3.63, 3.8) is 0 Å². The molecule has 76 valence electrons. The largest absolute Gasteiger partial charge is 0.380 e. The standard InChI is InChI=1S/C9H13BrF2O/c1-3-4-7(2)8(13)5-6-9(10,11)12/h7-8,13H,3-4H2,1-2H3. The van der Waals surface area contributed by atoms with E-state index >= 15 is 0 Å². The van der Waals surface area contributed by atoms with Crippen molar-refractivity contribution in [2.75, 3.05) is 0 Å². The molecule has 1 N–H and O–H groups in total. The molecular formula is C9H13BrF2O. The molecule has 0 saturated heterocycles. The van der Waals surface area contributed by atoms with E-state index in [1.165, 1.54) is 0 Å². The van der Waals surface area contributed by atoms with Crippen molar-refractivity contribution in [2.24, 2.45) is 5.92 Å². The molecular weight excluding hydrogens is 242 g/mol. The molecule has 0 spiro atoms. The Morgan fingerprint density at radius 2 is 2.08 bits per heavy atom. The number of hydrogen-bond donors (Lipinski definition) is 1. The van der Waals surface area contributed by atoms with Crippen LogP contribution in [0.4, 0.5) is 8.78 Å². The second-order valence-corrected chi connectivity index (χ2v) is 3.97. The van der Waals surface area contributed by atoms with E-state index in [2.05, 4.69) is 21.9 Å². The van der Waals surface area contributed by atoms with Gasteiger partial charge in [-0.15, -0.1) is 0 Å². The Kier molecular flexibility index (Phi) is 5.50. The Labute approximate surface area is 85.7 Å². The zero-order chi connectivity index (χ0) is 10.5. The van der Waals surface area contributed by atoms with Gasteiger partial charge < -0.3 is 5.11 Å². The molecule has 0 radical (unpaired) electrons. The van der Waals surface area contributed by atoms with Gasteiger partial charge in [-0.2, -0.15) is 8.78 Å². The molecule has 0 aliphatic rings. The topological polar surface area (TPSA) is 20.2 Å². The zero-order valence-electron chi connectivity index (χ0n) is 7.65. The van der Waals surface area contributed by atoms with E-state index in [4.69, 9.17) is 0 Å². The van der Waals surface area contributed by atoms with Crippen LogP contribution >= 0.6 is 15.9 Å². The molecule has 0 amide bonds. The Bertz CT molecular complexity index is 202. The number of aliphatic hydroxyl groups is 1. The number of halogens is 3. The van der Waals surface area contributed by atoms with Gasteiger partial charge in [0.05, 0.1) is 0 Å². The number of hydrogen-bond acceptors (Lipinski definition) is 1. The molecule has 0 aromatic rings. The first-order valence-electron chi connectivity index (χ1n) is 4.14. The molecule has 0 aliphatic heterocycles. The van der Waals surface area contributed by atoms with E-state index in [1.54, 1.807) is 12.8 Å². The highest BCUT2D eigenvalue weighted by molar-refractivity contribution is 9.10. The van der Waals surface area contributed by atoms with E-state index in [9.17, 15) is 13.9 Å². The lowest BCUT2D eigenvalue weighted by Crippen LogP contribution is -2.16. The molecule has 0 bridgehead atoms. The number of alkyl halides is 3. The van der Waals surface area contributed by atoms with Crippen molar-refractivity contribution >= 4 is 15.9 Å². The van der Waals surface area contributed by atoms with Gasteiger partial charge in [0.2, 0.25) is 0 Å². The highest BCUT2D eigenvalue weighted by Crippen LogP contribution is 2.20. The molecule has 13 heavy (non-hydrogen) atoms. The third kappa shape index (κ3) is 6.97. The van der Waals surface area contributed by atoms with Crippen LogP contribution in [-0.4, -0.2) is 16.0 Å². The van der Waals surface area contributed by atoms with Crippen LogP contribution in [0.25, 0.3) is 0 Å². The maximum absolute atomic E-state index is 12.2. The van der Waals surface area contributed by atoms with Gasteiger partial charge in [-0.1, -0.05) is 26.2 Å². The summed E-state index contributed by atoms with van der Waals surface area (Å²) in [6, 6.07) is 0. The van der Waals surface area contributed by atoms with Gasteiger partial charge in [0.15, 0.2) is 0 Å². The van der Waals surface area contributed by atoms with Crippen molar-refractivity contribution in [3.8, 4) is 11.8 Å². The summed E-state index contributed by atoms with van der Waals surface area (Å²) in [4.78, 5) is -3.19. The fraction of sp³-hybridized carbons (Fsp3) is 0.778. The van der Waals surface area contributed by atoms with E-state index in [0.717, 1.165) is 12.8 Å². The van der Waals surface area contributed by atoms with E-state index < -0.39 is 10.9 Å². The van der Waals surface area contributed by atoms with E-state index in [-0.39, 0.29) is 5.92 Å². The highest BCUT2D eigenvalue weighted by atomic mass is 79.9. The summed E-state index contributed by atoms with van der Waals surface area (Å²) >= 11 is 2.08. The Morgan fingerprint density at radius 1 is 1.54 bits per heavy atom. The van der Waals surface area contributed by atoms with Crippen LogP contribution in [0.3, 0.4) is 0 Å². The third-order valence-electron chi connectivity index (χ3n) is 1.64. The van der Waals surface area contributed by atoms with Gasteiger partial charge in [-0.3, -0.25) is 0 Å². The first-order valence-corrected chi connectivity index (χ1v) is 4.93. The summed E-state index contributed by atoms with van der Waals surface area (Å²) in [6.07, 6.45) is 0.720. The fourth-order valence-corrected chi connectivity index (χ4v) is 1.03. The van der Waals surface area contributed by atoms with Gasteiger partial charge in [0.25, 0.3) is 0 Å². The number of rotatable bonds is 3. The summed E-state index contributed by atoms with van der Waals surface area (Å²) in [5, 5.41) is 9.28. The van der Waals surface area contributed by atoms with Crippen LogP contribution in [0.2, 0.25) is 0 Å². The van der Waals surface area contributed by atoms with Crippen molar-refractivity contribution < 1.29 is 13.9 Å². The predicted molar refractivity (Wildman–Crippen MR) is 51.7 cm³/mol.